The molecule has 11 N–H and O–H groups in total. The van der Waals surface area contributed by atoms with Gasteiger partial charge >= 0.3 is 5.97 Å². The number of carboxylic acid groups (broad SMARTS) is 1. The van der Waals surface area contributed by atoms with E-state index in [1.54, 1.807) is 0 Å². The quantitative estimate of drug-likeness (QED) is 0.109. The van der Waals surface area contributed by atoms with Gasteiger partial charge < -0.3 is 43.4 Å². The van der Waals surface area contributed by atoms with E-state index in [4.69, 9.17) is 17.2 Å². The highest BCUT2D eigenvalue weighted by Gasteiger charge is 2.31. The smallest absolute Gasteiger partial charge is 0.326 e. The number of hydrogen-bond donors (Lipinski definition) is 8. The molecule has 0 aromatic rings. The van der Waals surface area contributed by atoms with Crippen LogP contribution in [0.2, 0.25) is 0 Å². The van der Waals surface area contributed by atoms with E-state index in [1.165, 1.54) is 0 Å². The first-order valence-corrected chi connectivity index (χ1v) is 10.4. The van der Waals surface area contributed by atoms with Gasteiger partial charge in [-0.25, -0.2) is 4.79 Å². The Labute approximate surface area is 186 Å². The lowest BCUT2D eigenvalue weighted by atomic mass is 10.0. The molecular formula is C19H36N6O7. The van der Waals surface area contributed by atoms with E-state index in [9.17, 15) is 34.2 Å². The fraction of sp³-hybridized carbons (Fsp3) is 0.737. The van der Waals surface area contributed by atoms with Gasteiger partial charge in [0.2, 0.25) is 23.6 Å². The van der Waals surface area contributed by atoms with Crippen molar-refractivity contribution >= 4 is 29.6 Å². The number of carboxylic acids is 1. The maximum atomic E-state index is 12.5. The summed E-state index contributed by atoms with van der Waals surface area (Å²) < 4.78 is 0. The van der Waals surface area contributed by atoms with Crippen LogP contribution in [0.3, 0.4) is 0 Å². The SMILES string of the molecule is CC(C)CC(N)C(=O)NC(CO)C(=O)NC(CC(N)=O)C(=O)NC(CCCCN)C(=O)O. The predicted molar refractivity (Wildman–Crippen MR) is 115 cm³/mol. The second kappa shape index (κ2) is 15.1. The number of aliphatic hydroxyl groups excluding tert-OH is 1. The number of amides is 4. The van der Waals surface area contributed by atoms with E-state index < -0.39 is 66.8 Å². The fourth-order valence-electron chi connectivity index (χ4n) is 2.79. The molecule has 0 heterocycles. The summed E-state index contributed by atoms with van der Waals surface area (Å²) in [5.41, 5.74) is 16.3. The number of nitrogens with one attached hydrogen (secondary N) is 3. The maximum absolute atomic E-state index is 12.5. The zero-order valence-corrected chi connectivity index (χ0v) is 18.5. The summed E-state index contributed by atoms with van der Waals surface area (Å²) in [6, 6.07) is -5.12. The molecule has 0 radical (unpaired) electrons. The van der Waals surface area contributed by atoms with Crippen LogP contribution in [0.4, 0.5) is 0 Å². The summed E-state index contributed by atoms with van der Waals surface area (Å²) in [5, 5.41) is 25.5. The molecule has 0 aliphatic heterocycles. The lowest BCUT2D eigenvalue weighted by Gasteiger charge is -2.24. The average molecular weight is 461 g/mol. The Bertz CT molecular complexity index is 658. The third-order valence-corrected chi connectivity index (χ3v) is 4.48. The summed E-state index contributed by atoms with van der Waals surface area (Å²) in [5.74, 6) is -4.68. The minimum absolute atomic E-state index is 0.0958. The van der Waals surface area contributed by atoms with Crippen LogP contribution in [0.25, 0.3) is 0 Å². The Kier molecular flexibility index (Phi) is 13.8. The summed E-state index contributed by atoms with van der Waals surface area (Å²) in [4.78, 5) is 59.9. The Morgan fingerprint density at radius 2 is 1.41 bits per heavy atom. The first-order valence-electron chi connectivity index (χ1n) is 10.4. The van der Waals surface area contributed by atoms with E-state index in [0.29, 0.717) is 25.8 Å². The molecule has 0 saturated carbocycles. The second-order valence-corrected chi connectivity index (χ2v) is 7.90. The van der Waals surface area contributed by atoms with Crippen molar-refractivity contribution in [2.45, 2.75) is 70.1 Å². The van der Waals surface area contributed by atoms with Gasteiger partial charge in [0.25, 0.3) is 0 Å². The summed E-state index contributed by atoms with van der Waals surface area (Å²) in [6.07, 6.45) is 0.817. The number of rotatable bonds is 16. The van der Waals surface area contributed by atoms with Crippen LogP contribution in [-0.2, 0) is 24.0 Å². The van der Waals surface area contributed by atoms with Crippen LogP contribution in [-0.4, -0.2) is 77.1 Å². The van der Waals surface area contributed by atoms with Crippen molar-refractivity contribution in [1.82, 2.24) is 16.0 Å². The monoisotopic (exact) mass is 460 g/mol. The van der Waals surface area contributed by atoms with Crippen molar-refractivity contribution in [3.63, 3.8) is 0 Å². The van der Waals surface area contributed by atoms with Crippen molar-refractivity contribution in [3.8, 4) is 0 Å². The zero-order valence-electron chi connectivity index (χ0n) is 18.5. The topological polar surface area (TPSA) is 240 Å². The number of carbonyl (C=O) groups is 5. The Morgan fingerprint density at radius 1 is 0.875 bits per heavy atom. The Morgan fingerprint density at radius 3 is 1.88 bits per heavy atom. The third-order valence-electron chi connectivity index (χ3n) is 4.48. The van der Waals surface area contributed by atoms with Crippen LogP contribution in [0.1, 0.15) is 46.0 Å². The maximum Gasteiger partial charge on any atom is 0.326 e. The molecule has 32 heavy (non-hydrogen) atoms. The minimum Gasteiger partial charge on any atom is -0.480 e. The van der Waals surface area contributed by atoms with Crippen LogP contribution < -0.4 is 33.2 Å². The molecule has 0 aromatic carbocycles. The van der Waals surface area contributed by atoms with Gasteiger partial charge in [-0.3, -0.25) is 19.2 Å². The molecule has 0 saturated heterocycles. The standard InChI is InChI=1S/C19H36N6O7/c1-10(2)7-11(21)16(28)25-14(9-26)18(30)24-13(8-15(22)27)17(29)23-12(19(31)32)5-3-4-6-20/h10-14,26H,3-9,20-21H2,1-2H3,(H2,22,27)(H,23,29)(H,24,30)(H,25,28)(H,31,32). The van der Waals surface area contributed by atoms with Gasteiger partial charge in [-0.1, -0.05) is 13.8 Å². The van der Waals surface area contributed by atoms with Gasteiger partial charge in [0.1, 0.15) is 18.1 Å². The van der Waals surface area contributed by atoms with Crippen molar-refractivity contribution in [3.05, 3.63) is 0 Å². The predicted octanol–water partition coefficient (Wildman–Crippen LogP) is -3.10. The minimum atomic E-state index is -1.51. The summed E-state index contributed by atoms with van der Waals surface area (Å²) >= 11 is 0. The number of carbonyl (C=O) groups excluding carboxylic acids is 4. The van der Waals surface area contributed by atoms with Crippen LogP contribution in [0.15, 0.2) is 0 Å². The highest BCUT2D eigenvalue weighted by molar-refractivity contribution is 5.96. The Balaban J connectivity index is 5.22. The summed E-state index contributed by atoms with van der Waals surface area (Å²) in [7, 11) is 0. The first-order chi connectivity index (χ1) is 14.9. The van der Waals surface area contributed by atoms with E-state index in [2.05, 4.69) is 16.0 Å². The second-order valence-electron chi connectivity index (χ2n) is 7.90. The van der Waals surface area contributed by atoms with Crippen molar-refractivity contribution in [2.24, 2.45) is 23.1 Å². The first kappa shape index (κ1) is 29.2. The average Bonchev–Trinajstić information content (AvgIpc) is 2.69. The zero-order chi connectivity index (χ0) is 24.8. The highest BCUT2D eigenvalue weighted by Crippen LogP contribution is 2.04. The van der Waals surface area contributed by atoms with Gasteiger partial charge in [0.05, 0.1) is 19.1 Å². The molecule has 0 fully saturated rings. The van der Waals surface area contributed by atoms with E-state index in [1.807, 2.05) is 13.8 Å². The molecule has 13 heteroatoms. The molecule has 0 spiro atoms. The van der Waals surface area contributed by atoms with E-state index >= 15 is 0 Å². The molecule has 13 nitrogen and oxygen atoms in total. The molecule has 0 aliphatic carbocycles. The van der Waals surface area contributed by atoms with Gasteiger partial charge in [-0.05, 0) is 38.1 Å². The van der Waals surface area contributed by atoms with Crippen molar-refractivity contribution in [2.75, 3.05) is 13.2 Å². The van der Waals surface area contributed by atoms with E-state index in [0.717, 1.165) is 0 Å². The largest absolute Gasteiger partial charge is 0.480 e. The van der Waals surface area contributed by atoms with E-state index in [-0.39, 0.29) is 12.3 Å². The molecule has 0 aliphatic rings. The van der Waals surface area contributed by atoms with Crippen LogP contribution in [0.5, 0.6) is 0 Å². The normalized spacial score (nSPS) is 14.7. The van der Waals surface area contributed by atoms with Crippen molar-refractivity contribution in [1.29, 1.82) is 0 Å². The number of aliphatic carboxylic acids is 1. The van der Waals surface area contributed by atoms with Gasteiger partial charge in [0.15, 0.2) is 0 Å². The van der Waals surface area contributed by atoms with Crippen LogP contribution in [0, 0.1) is 5.92 Å². The molecule has 0 aromatic heterocycles. The number of hydrogen-bond acceptors (Lipinski definition) is 8. The molecule has 184 valence electrons. The lowest BCUT2D eigenvalue weighted by Crippen LogP contribution is -2.58. The van der Waals surface area contributed by atoms with Crippen LogP contribution >= 0.6 is 0 Å². The number of unbranched alkanes of at least 4 members (excludes halogenated alkanes) is 1. The van der Waals surface area contributed by atoms with Gasteiger partial charge in [0, 0.05) is 0 Å². The molecular weight excluding hydrogens is 424 g/mol. The highest BCUT2D eigenvalue weighted by atomic mass is 16.4. The molecule has 0 bridgehead atoms. The molecule has 0 rings (SSSR count). The molecule has 4 atom stereocenters. The molecule has 4 amide bonds. The Hall–Kier alpha value is -2.77. The fourth-order valence-corrected chi connectivity index (χ4v) is 2.79. The third kappa shape index (κ3) is 11.6. The number of primary amides is 1. The number of aliphatic hydroxyl groups is 1. The lowest BCUT2D eigenvalue weighted by molar-refractivity contribution is -0.142. The van der Waals surface area contributed by atoms with Gasteiger partial charge in [-0.15, -0.1) is 0 Å². The molecule has 4 unspecified atom stereocenters. The summed E-state index contributed by atoms with van der Waals surface area (Å²) in [6.45, 7) is 3.27. The van der Waals surface area contributed by atoms with Crippen molar-refractivity contribution < 1.29 is 34.2 Å². The number of nitrogens with two attached hydrogens (primary N) is 3. The van der Waals surface area contributed by atoms with Gasteiger partial charge in [-0.2, -0.15) is 0 Å².